The number of hydrogen-bond acceptors (Lipinski definition) is 3. The molecule has 0 fully saturated rings. The summed E-state index contributed by atoms with van der Waals surface area (Å²) in [5, 5.41) is 6.28. The van der Waals surface area contributed by atoms with E-state index in [0.29, 0.717) is 0 Å². The quantitative estimate of drug-likeness (QED) is 0.516. The summed E-state index contributed by atoms with van der Waals surface area (Å²) in [4.78, 5) is 3.85. The molecule has 0 bridgehead atoms. The lowest BCUT2D eigenvalue weighted by Gasteiger charge is -2.14. The number of alkyl halides is 3. The molecular weight excluding hydrogens is 313 g/mol. The zero-order chi connectivity index (χ0) is 16.0. The number of hydrazone groups is 1. The second-order valence-electron chi connectivity index (χ2n) is 4.15. The first-order chi connectivity index (χ1) is 10.5. The minimum absolute atomic E-state index is 0.0398. The number of para-hydroxylation sites is 1. The molecule has 1 heterocycles. The monoisotopic (exact) mass is 324 g/mol. The molecule has 22 heavy (non-hydrogen) atoms. The van der Waals surface area contributed by atoms with Gasteiger partial charge in [-0.1, -0.05) is 12.1 Å². The molecule has 114 valence electrons. The van der Waals surface area contributed by atoms with Crippen LogP contribution in [0.4, 0.5) is 18.9 Å². The lowest BCUT2D eigenvalue weighted by atomic mass is 10.2. The number of rotatable bonds is 3. The van der Waals surface area contributed by atoms with Crippen molar-refractivity contribution in [2.45, 2.75) is 6.18 Å². The van der Waals surface area contributed by atoms with Crippen LogP contribution in [0.5, 0.6) is 0 Å². The predicted molar refractivity (Wildman–Crippen MR) is 82.6 cm³/mol. The van der Waals surface area contributed by atoms with Gasteiger partial charge < -0.3 is 5.32 Å². The Labute approximate surface area is 130 Å². The van der Waals surface area contributed by atoms with Crippen molar-refractivity contribution in [1.82, 2.24) is 10.4 Å². The van der Waals surface area contributed by atoms with Gasteiger partial charge in [0.05, 0.1) is 17.5 Å². The Morgan fingerprint density at radius 1 is 1.14 bits per heavy atom. The molecule has 0 saturated carbocycles. The van der Waals surface area contributed by atoms with Gasteiger partial charge in [0.2, 0.25) is 0 Å². The predicted octanol–water partition coefficient (Wildman–Crippen LogP) is 3.42. The fourth-order valence-corrected chi connectivity index (χ4v) is 1.77. The van der Waals surface area contributed by atoms with Crippen molar-refractivity contribution < 1.29 is 13.2 Å². The van der Waals surface area contributed by atoms with Gasteiger partial charge in [-0.15, -0.1) is 0 Å². The Hall–Kier alpha value is -2.48. The summed E-state index contributed by atoms with van der Waals surface area (Å²) in [6.07, 6.45) is 0.208. The van der Waals surface area contributed by atoms with Gasteiger partial charge in [-0.2, -0.15) is 18.3 Å². The van der Waals surface area contributed by atoms with Gasteiger partial charge >= 0.3 is 6.18 Å². The van der Waals surface area contributed by atoms with Gasteiger partial charge in [-0.25, -0.2) is 0 Å². The number of hydrogen-bond donors (Lipinski definition) is 2. The molecule has 0 aliphatic rings. The molecule has 0 aliphatic heterocycles. The number of thiocarbonyl (C=S) groups is 1. The standard InChI is InChI=1S/C14H11F3N4S/c15-14(16,17)11-3-1-2-4-12(11)20-13(22)21-19-9-10-5-7-18-8-6-10/h1-9H,(H2,20,21,22)/b19-9+. The smallest absolute Gasteiger partial charge is 0.331 e. The van der Waals surface area contributed by atoms with Crippen molar-refractivity contribution in [3.8, 4) is 0 Å². The zero-order valence-electron chi connectivity index (χ0n) is 11.1. The first kappa shape index (κ1) is 15.9. The molecular formula is C14H11F3N4S. The van der Waals surface area contributed by atoms with Crippen molar-refractivity contribution in [3.05, 3.63) is 59.9 Å². The van der Waals surface area contributed by atoms with E-state index in [9.17, 15) is 13.2 Å². The SMILES string of the molecule is FC(F)(F)c1ccccc1NC(=S)N/N=C/c1ccncc1. The molecule has 0 amide bonds. The van der Waals surface area contributed by atoms with Crippen molar-refractivity contribution in [3.63, 3.8) is 0 Å². The lowest BCUT2D eigenvalue weighted by Crippen LogP contribution is -2.25. The third kappa shape index (κ3) is 4.52. The molecule has 0 unspecified atom stereocenters. The second-order valence-corrected chi connectivity index (χ2v) is 4.56. The Kier molecular flexibility index (Phi) is 5.05. The Balaban J connectivity index is 2.00. The second kappa shape index (κ2) is 6.99. The van der Waals surface area contributed by atoms with Crippen molar-refractivity contribution in [1.29, 1.82) is 0 Å². The molecule has 0 atom stereocenters. The number of nitrogens with one attached hydrogen (secondary N) is 2. The van der Waals surface area contributed by atoms with Crippen molar-refractivity contribution in [2.24, 2.45) is 5.10 Å². The minimum atomic E-state index is -4.46. The van der Waals surface area contributed by atoms with Crippen LogP contribution in [0.1, 0.15) is 11.1 Å². The average Bonchev–Trinajstić information content (AvgIpc) is 2.48. The van der Waals surface area contributed by atoms with Crippen molar-refractivity contribution in [2.75, 3.05) is 5.32 Å². The maximum Gasteiger partial charge on any atom is 0.418 e. The third-order valence-electron chi connectivity index (χ3n) is 2.57. The molecule has 0 spiro atoms. The largest absolute Gasteiger partial charge is 0.418 e. The fourth-order valence-electron chi connectivity index (χ4n) is 1.60. The van der Waals surface area contributed by atoms with Gasteiger partial charge in [-0.05, 0) is 42.0 Å². The van der Waals surface area contributed by atoms with Gasteiger partial charge in [0, 0.05) is 12.4 Å². The van der Waals surface area contributed by atoms with E-state index in [1.54, 1.807) is 24.5 Å². The van der Waals surface area contributed by atoms with Crippen LogP contribution >= 0.6 is 12.2 Å². The number of halogens is 3. The van der Waals surface area contributed by atoms with Crippen LogP contribution in [0.3, 0.4) is 0 Å². The number of nitrogens with zero attached hydrogens (tertiary/aromatic N) is 2. The van der Waals surface area contributed by atoms with Gasteiger partial charge in [-0.3, -0.25) is 10.4 Å². The maximum atomic E-state index is 12.8. The summed E-state index contributed by atoms with van der Waals surface area (Å²) in [5.74, 6) is 0. The van der Waals surface area contributed by atoms with E-state index in [0.717, 1.165) is 11.6 Å². The number of pyridine rings is 1. The highest BCUT2D eigenvalue weighted by Gasteiger charge is 2.33. The number of benzene rings is 1. The topological polar surface area (TPSA) is 49.3 Å². The minimum Gasteiger partial charge on any atom is -0.331 e. The van der Waals surface area contributed by atoms with Gasteiger partial charge in [0.15, 0.2) is 5.11 Å². The first-order valence-electron chi connectivity index (χ1n) is 6.13. The van der Waals surface area contributed by atoms with Gasteiger partial charge in [0.25, 0.3) is 0 Å². The van der Waals surface area contributed by atoms with Gasteiger partial charge in [0.1, 0.15) is 0 Å². The van der Waals surface area contributed by atoms with Crippen LogP contribution in [0.25, 0.3) is 0 Å². The maximum absolute atomic E-state index is 12.8. The molecule has 2 N–H and O–H groups in total. The summed E-state index contributed by atoms with van der Waals surface area (Å²) < 4.78 is 38.5. The van der Waals surface area contributed by atoms with Crippen LogP contribution in [-0.4, -0.2) is 16.3 Å². The fraction of sp³-hybridized carbons (Fsp3) is 0.0714. The van der Waals surface area contributed by atoms with Crippen LogP contribution in [0.2, 0.25) is 0 Å². The van der Waals surface area contributed by atoms with Crippen molar-refractivity contribution >= 4 is 29.2 Å². The van der Waals surface area contributed by atoms with Crippen LogP contribution in [0, 0.1) is 0 Å². The molecule has 2 rings (SSSR count). The third-order valence-corrected chi connectivity index (χ3v) is 2.76. The first-order valence-corrected chi connectivity index (χ1v) is 6.54. The van der Waals surface area contributed by atoms with Crippen LogP contribution in [-0.2, 0) is 6.18 Å². The Bertz CT molecular complexity index is 671. The molecule has 1 aromatic heterocycles. The Morgan fingerprint density at radius 2 is 1.82 bits per heavy atom. The van der Waals surface area contributed by atoms with Crippen LogP contribution in [0.15, 0.2) is 53.9 Å². The van der Waals surface area contributed by atoms with E-state index < -0.39 is 11.7 Å². The number of aromatic nitrogens is 1. The molecule has 8 heteroatoms. The molecule has 1 aromatic carbocycles. The summed E-state index contributed by atoms with van der Waals surface area (Å²) in [6.45, 7) is 0. The molecule has 2 aromatic rings. The molecule has 0 aliphatic carbocycles. The Morgan fingerprint density at radius 3 is 2.50 bits per heavy atom. The summed E-state index contributed by atoms with van der Waals surface area (Å²) in [7, 11) is 0. The highest BCUT2D eigenvalue weighted by atomic mass is 32.1. The van der Waals surface area contributed by atoms with E-state index in [1.165, 1.54) is 24.4 Å². The summed E-state index contributed by atoms with van der Waals surface area (Å²) >= 11 is 4.92. The molecule has 4 nitrogen and oxygen atoms in total. The lowest BCUT2D eigenvalue weighted by molar-refractivity contribution is -0.136. The number of anilines is 1. The highest BCUT2D eigenvalue weighted by molar-refractivity contribution is 7.80. The molecule has 0 saturated heterocycles. The van der Waals surface area contributed by atoms with E-state index in [4.69, 9.17) is 12.2 Å². The average molecular weight is 324 g/mol. The van der Waals surface area contributed by atoms with E-state index in [-0.39, 0.29) is 10.8 Å². The van der Waals surface area contributed by atoms with Crippen LogP contribution < -0.4 is 10.7 Å². The van der Waals surface area contributed by atoms with E-state index in [1.807, 2.05) is 0 Å². The summed E-state index contributed by atoms with van der Waals surface area (Å²) in [5.41, 5.74) is 2.31. The molecule has 0 radical (unpaired) electrons. The van der Waals surface area contributed by atoms with E-state index in [2.05, 4.69) is 20.8 Å². The van der Waals surface area contributed by atoms with E-state index >= 15 is 0 Å². The normalized spacial score (nSPS) is 11.4. The summed E-state index contributed by atoms with van der Waals surface area (Å²) in [6, 6.07) is 8.52. The highest BCUT2D eigenvalue weighted by Crippen LogP contribution is 2.34. The zero-order valence-corrected chi connectivity index (χ0v) is 11.9.